The van der Waals surface area contributed by atoms with E-state index >= 15 is 0 Å². The number of aromatic nitrogens is 2. The van der Waals surface area contributed by atoms with E-state index in [9.17, 15) is 14.4 Å². The van der Waals surface area contributed by atoms with E-state index in [1.54, 1.807) is 60.7 Å². The number of hydrogen-bond acceptors (Lipinski definition) is 4. The zero-order valence-corrected chi connectivity index (χ0v) is 14.4. The summed E-state index contributed by atoms with van der Waals surface area (Å²) in [7, 11) is 0. The molecular formula is C20H14N2O3S. The summed E-state index contributed by atoms with van der Waals surface area (Å²) in [6, 6.07) is 18.1. The van der Waals surface area contributed by atoms with E-state index in [-0.39, 0.29) is 10.3 Å². The first-order valence-electron chi connectivity index (χ1n) is 7.79. The van der Waals surface area contributed by atoms with Crippen LogP contribution in [0.15, 0.2) is 83.3 Å². The van der Waals surface area contributed by atoms with Crippen LogP contribution in [0, 0.1) is 4.77 Å². The minimum Gasteiger partial charge on any atom is -0.338 e. The number of benzene rings is 2. The van der Waals surface area contributed by atoms with Gasteiger partial charge in [0, 0.05) is 29.6 Å². The van der Waals surface area contributed by atoms with E-state index in [0.717, 1.165) is 4.57 Å². The summed E-state index contributed by atoms with van der Waals surface area (Å²) in [6.45, 7) is 0. The Morgan fingerprint density at radius 3 is 1.81 bits per heavy atom. The van der Waals surface area contributed by atoms with Crippen LogP contribution in [0.2, 0.25) is 0 Å². The maximum atomic E-state index is 12.9. The van der Waals surface area contributed by atoms with Crippen LogP contribution in [0.4, 0.5) is 0 Å². The Morgan fingerprint density at radius 1 is 0.846 bits per heavy atom. The summed E-state index contributed by atoms with van der Waals surface area (Å²) < 4.78 is 1.17. The van der Waals surface area contributed by atoms with Crippen molar-refractivity contribution in [3.8, 4) is 0 Å². The highest BCUT2D eigenvalue weighted by molar-refractivity contribution is 7.71. The van der Waals surface area contributed by atoms with Gasteiger partial charge in [-0.3, -0.25) is 19.0 Å². The molecule has 0 fully saturated rings. The molecule has 0 aliphatic carbocycles. The number of Topliss-reactive ketones (excluding diaryl/α,β-unsaturated/α-hetero) is 2. The summed E-state index contributed by atoms with van der Waals surface area (Å²) >= 11 is 5.10. The lowest BCUT2D eigenvalue weighted by molar-refractivity contribution is 0.0964. The summed E-state index contributed by atoms with van der Waals surface area (Å²) in [4.78, 5) is 40.7. The van der Waals surface area contributed by atoms with E-state index in [2.05, 4.69) is 4.98 Å². The fraction of sp³-hybridized carbons (Fsp3) is 0. The van der Waals surface area contributed by atoms with Crippen molar-refractivity contribution in [1.82, 2.24) is 9.55 Å². The highest BCUT2D eigenvalue weighted by Gasteiger charge is 2.21. The first-order valence-corrected chi connectivity index (χ1v) is 8.20. The molecule has 0 amide bonds. The molecule has 0 unspecified atom stereocenters. The molecule has 2 aromatic carbocycles. The Balaban J connectivity index is 2.18. The summed E-state index contributed by atoms with van der Waals surface area (Å²) in [5.41, 5.74) is 0.118. The zero-order valence-electron chi connectivity index (χ0n) is 13.6. The third-order valence-corrected chi connectivity index (χ3v) is 4.02. The molecule has 0 aliphatic rings. The van der Waals surface area contributed by atoms with Crippen molar-refractivity contribution in [2.45, 2.75) is 0 Å². The monoisotopic (exact) mass is 362 g/mol. The van der Waals surface area contributed by atoms with Gasteiger partial charge in [-0.15, -0.1) is 0 Å². The molecule has 5 nitrogen and oxygen atoms in total. The van der Waals surface area contributed by atoms with Crippen molar-refractivity contribution in [3.63, 3.8) is 0 Å². The number of rotatable bonds is 5. The average molecular weight is 362 g/mol. The van der Waals surface area contributed by atoms with Crippen LogP contribution in [0.25, 0.3) is 6.20 Å². The van der Waals surface area contributed by atoms with Crippen LogP contribution in [0.3, 0.4) is 0 Å². The standard InChI is InChI=1S/C20H14N2O3S/c23-17-11-12-21-20(26)22(17)13-16(18(24)14-7-3-1-4-8-14)19(25)15-9-5-2-6-10-15/h1-13H,(H,21,26). The number of ketones is 2. The van der Waals surface area contributed by atoms with Crippen molar-refractivity contribution in [2.24, 2.45) is 0 Å². The van der Waals surface area contributed by atoms with E-state index in [1.807, 2.05) is 0 Å². The largest absolute Gasteiger partial charge is 0.338 e. The van der Waals surface area contributed by atoms with Gasteiger partial charge in [-0.2, -0.15) is 0 Å². The second-order valence-electron chi connectivity index (χ2n) is 5.42. The Morgan fingerprint density at radius 2 is 1.35 bits per heavy atom. The molecule has 0 radical (unpaired) electrons. The third-order valence-electron chi connectivity index (χ3n) is 3.71. The fourth-order valence-corrected chi connectivity index (χ4v) is 2.61. The number of hydrogen-bond donors (Lipinski definition) is 1. The number of nitrogens with zero attached hydrogens (tertiary/aromatic N) is 1. The second kappa shape index (κ2) is 7.67. The van der Waals surface area contributed by atoms with Gasteiger partial charge in [-0.25, -0.2) is 0 Å². The molecule has 0 aliphatic heterocycles. The smallest absolute Gasteiger partial charge is 0.258 e. The Kier molecular flexibility index (Phi) is 5.15. The number of carbonyl (C=O) groups excluding carboxylic acids is 2. The molecule has 6 heteroatoms. The molecular weight excluding hydrogens is 348 g/mol. The highest BCUT2D eigenvalue weighted by atomic mass is 32.1. The van der Waals surface area contributed by atoms with Gasteiger partial charge in [0.2, 0.25) is 0 Å². The van der Waals surface area contributed by atoms with Crippen molar-refractivity contribution in [1.29, 1.82) is 0 Å². The number of H-pyrrole nitrogens is 1. The molecule has 128 valence electrons. The lowest BCUT2D eigenvalue weighted by Gasteiger charge is -2.08. The molecule has 0 bridgehead atoms. The van der Waals surface area contributed by atoms with E-state index < -0.39 is 17.1 Å². The van der Waals surface area contributed by atoms with Crippen LogP contribution in [-0.2, 0) is 0 Å². The van der Waals surface area contributed by atoms with E-state index in [4.69, 9.17) is 12.2 Å². The quantitative estimate of drug-likeness (QED) is 0.248. The van der Waals surface area contributed by atoms with Gasteiger partial charge in [0.05, 0.1) is 5.57 Å². The van der Waals surface area contributed by atoms with Gasteiger partial charge in [-0.1, -0.05) is 60.7 Å². The zero-order chi connectivity index (χ0) is 18.5. The predicted molar refractivity (Wildman–Crippen MR) is 102 cm³/mol. The number of aromatic amines is 1. The molecule has 0 saturated carbocycles. The Bertz CT molecular complexity index is 1020. The van der Waals surface area contributed by atoms with Crippen molar-refractivity contribution < 1.29 is 9.59 Å². The van der Waals surface area contributed by atoms with Crippen molar-refractivity contribution >= 4 is 30.0 Å². The van der Waals surface area contributed by atoms with Gasteiger partial charge < -0.3 is 4.98 Å². The van der Waals surface area contributed by atoms with Crippen molar-refractivity contribution in [3.05, 3.63) is 105 Å². The molecule has 0 atom stereocenters. The lowest BCUT2D eigenvalue weighted by Crippen LogP contribution is -2.20. The number of nitrogens with one attached hydrogen (secondary N) is 1. The molecule has 26 heavy (non-hydrogen) atoms. The first-order chi connectivity index (χ1) is 12.6. The molecule has 0 saturated heterocycles. The topological polar surface area (TPSA) is 71.9 Å². The maximum Gasteiger partial charge on any atom is 0.258 e. The molecule has 1 heterocycles. The maximum absolute atomic E-state index is 12.9. The van der Waals surface area contributed by atoms with Gasteiger partial charge in [-0.05, 0) is 12.2 Å². The lowest BCUT2D eigenvalue weighted by atomic mass is 9.96. The second-order valence-corrected chi connectivity index (χ2v) is 5.81. The van der Waals surface area contributed by atoms with Crippen LogP contribution in [0.1, 0.15) is 20.7 Å². The van der Waals surface area contributed by atoms with Crippen LogP contribution in [-0.4, -0.2) is 21.1 Å². The third kappa shape index (κ3) is 3.65. The normalized spacial score (nSPS) is 10.2. The van der Waals surface area contributed by atoms with Gasteiger partial charge in [0.25, 0.3) is 5.56 Å². The van der Waals surface area contributed by atoms with Crippen LogP contribution < -0.4 is 5.56 Å². The average Bonchev–Trinajstić information content (AvgIpc) is 2.68. The fourth-order valence-electron chi connectivity index (χ4n) is 2.40. The van der Waals surface area contributed by atoms with Crippen LogP contribution >= 0.6 is 12.2 Å². The summed E-state index contributed by atoms with van der Waals surface area (Å²) in [5, 5.41) is 0. The van der Waals surface area contributed by atoms with Gasteiger partial charge in [0.15, 0.2) is 16.3 Å². The van der Waals surface area contributed by atoms with E-state index in [0.29, 0.717) is 11.1 Å². The van der Waals surface area contributed by atoms with Gasteiger partial charge >= 0.3 is 0 Å². The minimum absolute atomic E-state index is 0.0942. The molecule has 3 aromatic rings. The van der Waals surface area contributed by atoms with Crippen LogP contribution in [0.5, 0.6) is 0 Å². The summed E-state index contributed by atoms with van der Waals surface area (Å²) in [6.07, 6.45) is 2.61. The Hall–Kier alpha value is -3.38. The summed E-state index contributed by atoms with van der Waals surface area (Å²) in [5.74, 6) is -0.964. The van der Waals surface area contributed by atoms with E-state index in [1.165, 1.54) is 18.5 Å². The Labute approximate surface area is 154 Å². The molecule has 0 spiro atoms. The number of carbonyl (C=O) groups is 2. The van der Waals surface area contributed by atoms with Gasteiger partial charge in [0.1, 0.15) is 0 Å². The molecule has 3 rings (SSSR count). The first kappa shape index (κ1) is 17.4. The minimum atomic E-state index is -0.482. The van der Waals surface area contributed by atoms with Crippen molar-refractivity contribution in [2.75, 3.05) is 0 Å². The molecule has 1 N–H and O–H groups in total. The number of allylic oxidation sites excluding steroid dienone is 1. The molecule has 1 aromatic heterocycles. The predicted octanol–water partition coefficient (Wildman–Crippen LogP) is 3.51. The SMILES string of the molecule is O=C(C(=Cn1c(=O)cc[nH]c1=S)C(=O)c1ccccc1)c1ccccc1. The highest BCUT2D eigenvalue weighted by Crippen LogP contribution is 2.15.